The third-order valence-electron chi connectivity index (χ3n) is 5.05. The molecule has 0 saturated carbocycles. The summed E-state index contributed by atoms with van der Waals surface area (Å²) in [5, 5.41) is 25.7. The zero-order chi connectivity index (χ0) is 24.9. The number of aromatic nitrogens is 1. The summed E-state index contributed by atoms with van der Waals surface area (Å²) < 4.78 is 11.2. The van der Waals surface area contributed by atoms with Crippen LogP contribution in [0.1, 0.15) is 18.1 Å². The van der Waals surface area contributed by atoms with Crippen molar-refractivity contribution >= 4 is 51.2 Å². The second-order valence-electron chi connectivity index (χ2n) is 7.37. The smallest absolute Gasteiger partial charge is 0.311 e. The summed E-state index contributed by atoms with van der Waals surface area (Å²) in [5.41, 5.74) is 2.26. The van der Waals surface area contributed by atoms with Crippen LogP contribution in [0.25, 0.3) is 10.9 Å². The van der Waals surface area contributed by atoms with Crippen LogP contribution in [0.15, 0.2) is 60.8 Å². The minimum absolute atomic E-state index is 0.109. The van der Waals surface area contributed by atoms with E-state index in [1.54, 1.807) is 37.3 Å². The third kappa shape index (κ3) is 5.38. The molecule has 0 unspecified atom stereocenters. The molecule has 10 heteroatoms. The number of anilines is 2. The van der Waals surface area contributed by atoms with E-state index in [0.717, 1.165) is 5.56 Å². The van der Waals surface area contributed by atoms with Gasteiger partial charge in [-0.1, -0.05) is 35.3 Å². The summed E-state index contributed by atoms with van der Waals surface area (Å²) in [6.45, 7) is 2.28. The average molecular weight is 509 g/mol. The zero-order valence-electron chi connectivity index (χ0n) is 18.4. The maximum Gasteiger partial charge on any atom is 0.311 e. The van der Waals surface area contributed by atoms with Crippen LogP contribution in [-0.2, 0) is 6.61 Å². The lowest BCUT2D eigenvalue weighted by atomic mass is 10.1. The number of nitriles is 1. The Bertz CT molecular complexity index is 1470. The number of halogens is 2. The Balaban J connectivity index is 1.66. The molecule has 0 fully saturated rings. The van der Waals surface area contributed by atoms with E-state index in [1.807, 2.05) is 12.1 Å². The molecule has 35 heavy (non-hydrogen) atoms. The topological polar surface area (TPSA) is 110 Å². The van der Waals surface area contributed by atoms with Crippen LogP contribution in [0, 0.1) is 21.4 Å². The van der Waals surface area contributed by atoms with E-state index in [9.17, 15) is 15.4 Å². The fraction of sp³-hybridized carbons (Fsp3) is 0.120. The first-order chi connectivity index (χ1) is 16.9. The van der Waals surface area contributed by atoms with E-state index in [1.165, 1.54) is 18.3 Å². The molecule has 1 N–H and O–H groups in total. The number of nitrogens with zero attached hydrogens (tertiary/aromatic N) is 3. The third-order valence-corrected chi connectivity index (χ3v) is 5.58. The molecule has 0 aliphatic carbocycles. The summed E-state index contributed by atoms with van der Waals surface area (Å²) in [6, 6.07) is 17.3. The molecule has 0 aliphatic heterocycles. The van der Waals surface area contributed by atoms with Crippen LogP contribution in [0.5, 0.6) is 11.5 Å². The van der Waals surface area contributed by atoms with Gasteiger partial charge in [-0.3, -0.25) is 15.1 Å². The number of nitrogens with one attached hydrogen (secondary N) is 1. The normalized spacial score (nSPS) is 10.6. The predicted octanol–water partition coefficient (Wildman–Crippen LogP) is 7.04. The molecule has 0 atom stereocenters. The van der Waals surface area contributed by atoms with Crippen LogP contribution in [0.2, 0.25) is 10.0 Å². The van der Waals surface area contributed by atoms with Crippen molar-refractivity contribution in [2.45, 2.75) is 13.5 Å². The van der Waals surface area contributed by atoms with Crippen molar-refractivity contribution in [3.05, 3.63) is 92.1 Å². The molecule has 176 valence electrons. The number of nitro benzene ring substituents is 1. The molecule has 3 aromatic carbocycles. The van der Waals surface area contributed by atoms with Gasteiger partial charge in [-0.2, -0.15) is 5.26 Å². The molecule has 8 nitrogen and oxygen atoms in total. The monoisotopic (exact) mass is 508 g/mol. The van der Waals surface area contributed by atoms with Gasteiger partial charge in [0.1, 0.15) is 18.4 Å². The maximum atomic E-state index is 11.6. The molecular weight excluding hydrogens is 491 g/mol. The first kappa shape index (κ1) is 24.1. The summed E-state index contributed by atoms with van der Waals surface area (Å²) >= 11 is 12.4. The van der Waals surface area contributed by atoms with Crippen LogP contribution in [0.4, 0.5) is 17.1 Å². The molecule has 0 bridgehead atoms. The van der Waals surface area contributed by atoms with Gasteiger partial charge in [-0.25, -0.2) is 0 Å². The predicted molar refractivity (Wildman–Crippen MR) is 135 cm³/mol. The maximum absolute atomic E-state index is 11.6. The fourth-order valence-corrected chi connectivity index (χ4v) is 3.92. The van der Waals surface area contributed by atoms with Gasteiger partial charge in [0.05, 0.1) is 33.3 Å². The number of ether oxygens (including phenoxy) is 2. The number of fused-ring (bicyclic) bond motifs is 1. The van der Waals surface area contributed by atoms with E-state index in [0.29, 0.717) is 38.1 Å². The fourth-order valence-electron chi connectivity index (χ4n) is 3.47. The molecule has 4 rings (SSSR count). The zero-order valence-corrected chi connectivity index (χ0v) is 19.9. The van der Waals surface area contributed by atoms with Gasteiger partial charge >= 0.3 is 5.69 Å². The van der Waals surface area contributed by atoms with Crippen LogP contribution in [0.3, 0.4) is 0 Å². The quantitative estimate of drug-likeness (QED) is 0.200. The molecule has 0 saturated heterocycles. The van der Waals surface area contributed by atoms with Crippen molar-refractivity contribution in [1.29, 1.82) is 5.26 Å². The first-order valence-corrected chi connectivity index (χ1v) is 11.2. The highest BCUT2D eigenvalue weighted by atomic mass is 35.5. The molecule has 0 amide bonds. The van der Waals surface area contributed by atoms with Crippen molar-refractivity contribution in [2.75, 3.05) is 11.9 Å². The molecular formula is C25H18Cl2N4O4. The second-order valence-corrected chi connectivity index (χ2v) is 8.22. The van der Waals surface area contributed by atoms with Crippen molar-refractivity contribution in [3.8, 4) is 17.6 Å². The van der Waals surface area contributed by atoms with Gasteiger partial charge in [-0.05, 0) is 42.8 Å². The lowest BCUT2D eigenvalue weighted by Crippen LogP contribution is -2.01. The van der Waals surface area contributed by atoms with Crippen molar-refractivity contribution in [2.24, 2.45) is 0 Å². The number of nitro groups is 1. The highest BCUT2D eigenvalue weighted by Gasteiger charge is 2.20. The minimum Gasteiger partial charge on any atom is -0.487 e. The number of benzene rings is 3. The van der Waals surface area contributed by atoms with Crippen LogP contribution >= 0.6 is 23.2 Å². The van der Waals surface area contributed by atoms with E-state index in [-0.39, 0.29) is 30.2 Å². The van der Waals surface area contributed by atoms with Gasteiger partial charge < -0.3 is 14.8 Å². The van der Waals surface area contributed by atoms with E-state index >= 15 is 0 Å². The van der Waals surface area contributed by atoms with Crippen LogP contribution < -0.4 is 14.8 Å². The van der Waals surface area contributed by atoms with E-state index in [2.05, 4.69) is 16.4 Å². The number of hydrogen-bond donors (Lipinski definition) is 1. The highest BCUT2D eigenvalue weighted by Crippen LogP contribution is 2.38. The highest BCUT2D eigenvalue weighted by molar-refractivity contribution is 6.32. The second kappa shape index (κ2) is 10.5. The minimum atomic E-state index is -0.532. The Labute approximate surface area is 210 Å². The molecule has 1 heterocycles. The van der Waals surface area contributed by atoms with E-state index < -0.39 is 4.92 Å². The molecule has 0 spiro atoms. The Morgan fingerprint density at radius 2 is 1.94 bits per heavy atom. The molecule has 1 aromatic heterocycles. The first-order valence-electron chi connectivity index (χ1n) is 10.5. The summed E-state index contributed by atoms with van der Waals surface area (Å²) in [4.78, 5) is 15.3. The van der Waals surface area contributed by atoms with Crippen LogP contribution in [-0.4, -0.2) is 16.5 Å². The number of rotatable bonds is 8. The van der Waals surface area contributed by atoms with Crippen molar-refractivity contribution < 1.29 is 14.4 Å². The van der Waals surface area contributed by atoms with Gasteiger partial charge in [0.2, 0.25) is 0 Å². The Morgan fingerprint density at radius 1 is 1.11 bits per heavy atom. The Morgan fingerprint density at radius 3 is 2.63 bits per heavy atom. The summed E-state index contributed by atoms with van der Waals surface area (Å²) in [5.74, 6) is 0.576. The lowest BCUT2D eigenvalue weighted by molar-refractivity contribution is -0.385. The van der Waals surface area contributed by atoms with Gasteiger partial charge in [0.25, 0.3) is 0 Å². The Kier molecular flexibility index (Phi) is 7.20. The number of hydrogen-bond acceptors (Lipinski definition) is 7. The van der Waals surface area contributed by atoms with Gasteiger partial charge in [-0.15, -0.1) is 0 Å². The molecule has 4 aromatic rings. The molecule has 0 radical (unpaired) electrons. The van der Waals surface area contributed by atoms with Gasteiger partial charge in [0.15, 0.2) is 5.75 Å². The van der Waals surface area contributed by atoms with Gasteiger partial charge in [0, 0.05) is 34.4 Å². The van der Waals surface area contributed by atoms with Crippen molar-refractivity contribution in [3.63, 3.8) is 0 Å². The van der Waals surface area contributed by atoms with Crippen molar-refractivity contribution in [1.82, 2.24) is 4.98 Å². The molecule has 0 aliphatic rings. The van der Waals surface area contributed by atoms with E-state index in [4.69, 9.17) is 32.7 Å². The Hall–Kier alpha value is -4.06. The SMILES string of the molecule is CCOc1cc2ncc(C#N)c(Nc3ccc(OCc4cccc(Cl)c4)c(Cl)c3)c2cc1[N+](=O)[O-]. The largest absolute Gasteiger partial charge is 0.487 e. The average Bonchev–Trinajstić information content (AvgIpc) is 2.83. The standard InChI is InChI=1S/C25H18Cl2N4O4/c1-2-34-24-11-21-19(10-22(24)31(32)33)25(16(12-28)13-29-21)30-18-6-7-23(20(27)9-18)35-14-15-4-3-5-17(26)8-15/h3-11,13H,2,14H2,1H3,(H,29,30). The number of pyridine rings is 1. The lowest BCUT2D eigenvalue weighted by Gasteiger charge is -2.14. The summed E-state index contributed by atoms with van der Waals surface area (Å²) in [6.07, 6.45) is 1.40. The summed E-state index contributed by atoms with van der Waals surface area (Å²) in [7, 11) is 0.